The van der Waals surface area contributed by atoms with E-state index >= 15 is 0 Å². The summed E-state index contributed by atoms with van der Waals surface area (Å²) in [7, 11) is 1.95. The number of thiophene rings is 1. The molecule has 1 aromatic carbocycles. The maximum absolute atomic E-state index is 5.47. The van der Waals surface area contributed by atoms with Crippen molar-refractivity contribution in [2.75, 3.05) is 31.6 Å². The Morgan fingerprint density at radius 3 is 2.70 bits per heavy atom. The number of ether oxygens (including phenoxy) is 1. The SMILES string of the molecule is Cn1nccc1CNc1nc(CN2CCOCC2)nc2scc(-c3ccccc3)c12. The molecular weight excluding hydrogens is 396 g/mol. The molecule has 4 aromatic rings. The summed E-state index contributed by atoms with van der Waals surface area (Å²) < 4.78 is 7.35. The fraction of sp³-hybridized carbons (Fsp3) is 0.318. The molecule has 0 bridgehead atoms. The lowest BCUT2D eigenvalue weighted by atomic mass is 10.1. The minimum Gasteiger partial charge on any atom is -0.379 e. The predicted molar refractivity (Wildman–Crippen MR) is 119 cm³/mol. The molecule has 154 valence electrons. The summed E-state index contributed by atoms with van der Waals surface area (Å²) in [5.74, 6) is 1.72. The van der Waals surface area contributed by atoms with Crippen LogP contribution in [0.1, 0.15) is 11.5 Å². The van der Waals surface area contributed by atoms with E-state index in [4.69, 9.17) is 14.7 Å². The van der Waals surface area contributed by atoms with E-state index in [0.717, 1.165) is 60.4 Å². The number of aryl methyl sites for hydroxylation is 1. The van der Waals surface area contributed by atoms with Crippen molar-refractivity contribution in [3.8, 4) is 11.1 Å². The van der Waals surface area contributed by atoms with Crippen molar-refractivity contribution >= 4 is 27.4 Å². The van der Waals surface area contributed by atoms with Gasteiger partial charge in [0.2, 0.25) is 0 Å². The van der Waals surface area contributed by atoms with Gasteiger partial charge in [-0.1, -0.05) is 30.3 Å². The molecule has 0 atom stereocenters. The van der Waals surface area contributed by atoms with Gasteiger partial charge in [0.25, 0.3) is 0 Å². The van der Waals surface area contributed by atoms with E-state index in [1.54, 1.807) is 11.3 Å². The highest BCUT2D eigenvalue weighted by atomic mass is 32.1. The first kappa shape index (κ1) is 19.2. The molecule has 30 heavy (non-hydrogen) atoms. The number of fused-ring (bicyclic) bond motifs is 1. The van der Waals surface area contributed by atoms with Crippen LogP contribution in [0.15, 0.2) is 48.0 Å². The van der Waals surface area contributed by atoms with Crippen LogP contribution in [0.3, 0.4) is 0 Å². The van der Waals surface area contributed by atoms with Crippen LogP contribution in [0.25, 0.3) is 21.3 Å². The van der Waals surface area contributed by atoms with Crippen molar-refractivity contribution in [1.29, 1.82) is 0 Å². The molecule has 0 saturated carbocycles. The van der Waals surface area contributed by atoms with Gasteiger partial charge in [-0.2, -0.15) is 5.10 Å². The zero-order chi connectivity index (χ0) is 20.3. The highest BCUT2D eigenvalue weighted by Crippen LogP contribution is 2.37. The number of rotatable bonds is 6. The zero-order valence-corrected chi connectivity index (χ0v) is 17.7. The fourth-order valence-corrected chi connectivity index (χ4v) is 4.69. The molecule has 0 amide bonds. The van der Waals surface area contributed by atoms with E-state index < -0.39 is 0 Å². The van der Waals surface area contributed by atoms with Crippen molar-refractivity contribution < 1.29 is 4.74 Å². The molecule has 0 radical (unpaired) electrons. The van der Waals surface area contributed by atoms with Gasteiger partial charge < -0.3 is 10.1 Å². The number of aromatic nitrogens is 4. The minimum absolute atomic E-state index is 0.656. The maximum atomic E-state index is 5.47. The van der Waals surface area contributed by atoms with Crippen molar-refractivity contribution in [3.63, 3.8) is 0 Å². The monoisotopic (exact) mass is 420 g/mol. The smallest absolute Gasteiger partial charge is 0.146 e. The Balaban J connectivity index is 1.53. The minimum atomic E-state index is 0.656. The third-order valence-corrected chi connectivity index (χ3v) is 6.27. The molecule has 1 saturated heterocycles. The molecular formula is C22H24N6OS. The largest absolute Gasteiger partial charge is 0.379 e. The van der Waals surface area contributed by atoms with E-state index in [0.29, 0.717) is 6.54 Å². The lowest BCUT2D eigenvalue weighted by Gasteiger charge is -2.25. The van der Waals surface area contributed by atoms with E-state index in [2.05, 4.69) is 45.0 Å². The summed E-state index contributed by atoms with van der Waals surface area (Å²) in [5, 5.41) is 11.1. The van der Waals surface area contributed by atoms with Gasteiger partial charge in [0.1, 0.15) is 16.5 Å². The number of hydrogen-bond acceptors (Lipinski definition) is 7. The number of hydrogen-bond donors (Lipinski definition) is 1. The quantitative estimate of drug-likeness (QED) is 0.515. The maximum Gasteiger partial charge on any atom is 0.146 e. The molecule has 0 aliphatic carbocycles. The van der Waals surface area contributed by atoms with Crippen LogP contribution in [-0.2, 0) is 24.9 Å². The first-order valence-corrected chi connectivity index (χ1v) is 11.0. The lowest BCUT2D eigenvalue weighted by molar-refractivity contribution is 0.0331. The van der Waals surface area contributed by atoms with Crippen LogP contribution in [0.5, 0.6) is 0 Å². The number of nitrogens with zero attached hydrogens (tertiary/aromatic N) is 5. The van der Waals surface area contributed by atoms with E-state index in [1.807, 2.05) is 30.1 Å². The van der Waals surface area contributed by atoms with Crippen molar-refractivity contribution in [2.45, 2.75) is 13.1 Å². The third-order valence-electron chi connectivity index (χ3n) is 5.39. The van der Waals surface area contributed by atoms with Crippen molar-refractivity contribution in [3.05, 3.63) is 59.5 Å². The van der Waals surface area contributed by atoms with Crippen LogP contribution >= 0.6 is 11.3 Å². The Kier molecular flexibility index (Phi) is 5.44. The van der Waals surface area contributed by atoms with Crippen molar-refractivity contribution in [2.24, 2.45) is 7.05 Å². The normalized spacial score (nSPS) is 15.0. The zero-order valence-electron chi connectivity index (χ0n) is 16.9. The Hall–Kier alpha value is -2.81. The van der Waals surface area contributed by atoms with Gasteiger partial charge in [0, 0.05) is 37.3 Å². The molecule has 5 rings (SSSR count). The summed E-state index contributed by atoms with van der Waals surface area (Å²) in [6, 6.07) is 12.5. The van der Waals surface area contributed by atoms with Crippen LogP contribution in [-0.4, -0.2) is 51.0 Å². The van der Waals surface area contributed by atoms with Gasteiger partial charge in [0.05, 0.1) is 37.4 Å². The first-order valence-electron chi connectivity index (χ1n) is 10.1. The first-order chi connectivity index (χ1) is 14.8. The van der Waals surface area contributed by atoms with Crippen LogP contribution in [0.2, 0.25) is 0 Å². The third kappa shape index (κ3) is 3.94. The molecule has 7 nitrogen and oxygen atoms in total. The summed E-state index contributed by atoms with van der Waals surface area (Å²) in [5.41, 5.74) is 3.45. The fourth-order valence-electron chi connectivity index (χ4n) is 3.72. The summed E-state index contributed by atoms with van der Waals surface area (Å²) >= 11 is 1.67. The van der Waals surface area contributed by atoms with Crippen LogP contribution < -0.4 is 5.32 Å². The average molecular weight is 421 g/mol. The van der Waals surface area contributed by atoms with Gasteiger partial charge in [-0.3, -0.25) is 9.58 Å². The second-order valence-corrected chi connectivity index (χ2v) is 8.23. The number of benzene rings is 1. The molecule has 1 aliphatic heterocycles. The number of nitrogens with one attached hydrogen (secondary N) is 1. The molecule has 1 N–H and O–H groups in total. The van der Waals surface area contributed by atoms with E-state index in [-0.39, 0.29) is 0 Å². The standard InChI is InChI=1S/C22H24N6OS/c1-27-17(7-8-24-27)13-23-21-20-18(16-5-3-2-4-6-16)15-30-22(20)26-19(25-21)14-28-9-11-29-12-10-28/h2-8,15H,9-14H2,1H3,(H,23,25,26). The van der Waals surface area contributed by atoms with E-state index in [1.165, 1.54) is 11.1 Å². The van der Waals surface area contributed by atoms with Crippen LogP contribution in [0.4, 0.5) is 5.82 Å². The van der Waals surface area contributed by atoms with Gasteiger partial charge in [-0.05, 0) is 11.6 Å². The highest BCUT2D eigenvalue weighted by molar-refractivity contribution is 7.17. The predicted octanol–water partition coefficient (Wildman–Crippen LogP) is 3.54. The van der Waals surface area contributed by atoms with Gasteiger partial charge in [-0.15, -0.1) is 11.3 Å². The second kappa shape index (κ2) is 8.51. The van der Waals surface area contributed by atoms with Gasteiger partial charge in [0.15, 0.2) is 0 Å². The van der Waals surface area contributed by atoms with E-state index in [9.17, 15) is 0 Å². The van der Waals surface area contributed by atoms with Crippen molar-refractivity contribution in [1.82, 2.24) is 24.6 Å². The molecule has 0 spiro atoms. The summed E-state index contributed by atoms with van der Waals surface area (Å²) in [6.07, 6.45) is 1.82. The van der Waals surface area contributed by atoms with Crippen LogP contribution in [0, 0.1) is 0 Å². The lowest BCUT2D eigenvalue weighted by Crippen LogP contribution is -2.36. The second-order valence-electron chi connectivity index (χ2n) is 7.37. The summed E-state index contributed by atoms with van der Waals surface area (Å²) in [6.45, 7) is 4.76. The topological polar surface area (TPSA) is 68.1 Å². The Morgan fingerprint density at radius 1 is 1.10 bits per heavy atom. The molecule has 8 heteroatoms. The number of morpholine rings is 1. The van der Waals surface area contributed by atoms with Gasteiger partial charge >= 0.3 is 0 Å². The number of anilines is 1. The Labute approximate surface area is 179 Å². The summed E-state index contributed by atoms with van der Waals surface area (Å²) in [4.78, 5) is 13.2. The Morgan fingerprint density at radius 2 is 1.93 bits per heavy atom. The average Bonchev–Trinajstić information content (AvgIpc) is 3.39. The Bertz CT molecular complexity index is 1130. The molecule has 3 aromatic heterocycles. The molecule has 4 heterocycles. The molecule has 1 fully saturated rings. The molecule has 1 aliphatic rings. The molecule has 0 unspecified atom stereocenters. The highest BCUT2D eigenvalue weighted by Gasteiger charge is 2.18. The van der Waals surface area contributed by atoms with Gasteiger partial charge in [-0.25, -0.2) is 9.97 Å².